The first-order valence-corrected chi connectivity index (χ1v) is 7.77. The molecular weight excluding hydrogens is 266 g/mol. The van der Waals surface area contributed by atoms with Gasteiger partial charge in [0.25, 0.3) is 0 Å². The third-order valence-corrected chi connectivity index (χ3v) is 4.05. The van der Waals surface area contributed by atoms with Gasteiger partial charge in [-0.15, -0.1) is 0 Å². The number of piperidine rings is 1. The quantitative estimate of drug-likeness (QED) is 0.785. The highest BCUT2D eigenvalue weighted by Crippen LogP contribution is 2.20. The van der Waals surface area contributed by atoms with Crippen LogP contribution in [0.4, 0.5) is 0 Å². The third-order valence-electron chi connectivity index (χ3n) is 4.05. The molecule has 1 heterocycles. The van der Waals surface area contributed by atoms with Crippen molar-refractivity contribution in [3.63, 3.8) is 0 Å². The summed E-state index contributed by atoms with van der Waals surface area (Å²) in [5.41, 5.74) is 1.22. The third kappa shape index (κ3) is 5.76. The Morgan fingerprint density at radius 2 is 2.14 bits per heavy atom. The zero-order chi connectivity index (χ0) is 15.1. The van der Waals surface area contributed by atoms with Gasteiger partial charge in [0.15, 0.2) is 0 Å². The van der Waals surface area contributed by atoms with Crippen molar-refractivity contribution in [2.24, 2.45) is 5.92 Å². The van der Waals surface area contributed by atoms with E-state index in [2.05, 4.69) is 24.0 Å². The van der Waals surface area contributed by atoms with Crippen molar-refractivity contribution in [1.29, 1.82) is 0 Å². The number of benzene rings is 1. The average molecular weight is 291 g/mol. The first-order chi connectivity index (χ1) is 10.1. The molecule has 0 aromatic heterocycles. The van der Waals surface area contributed by atoms with Crippen LogP contribution in [0.5, 0.6) is 5.75 Å². The molecule has 1 aliphatic rings. The molecule has 1 fully saturated rings. The number of nitrogens with zero attached hydrogens (tertiary/aromatic N) is 1. The predicted molar refractivity (Wildman–Crippen MR) is 82.7 cm³/mol. The van der Waals surface area contributed by atoms with Gasteiger partial charge in [0.2, 0.25) is 0 Å². The highest BCUT2D eigenvalue weighted by molar-refractivity contribution is 5.67. The molecule has 1 aliphatic heterocycles. The SMILES string of the molecule is Cc1cccc(OCCCN2CCC(CC(=O)O)CC2)c1. The maximum absolute atomic E-state index is 10.7. The van der Waals surface area contributed by atoms with E-state index in [1.807, 2.05) is 12.1 Å². The van der Waals surface area contributed by atoms with E-state index < -0.39 is 5.97 Å². The fraction of sp³-hybridized carbons (Fsp3) is 0.588. The van der Waals surface area contributed by atoms with Gasteiger partial charge >= 0.3 is 5.97 Å². The zero-order valence-corrected chi connectivity index (χ0v) is 12.8. The standard InChI is InChI=1S/C17H25NO3/c1-14-4-2-5-16(12-14)21-11-3-8-18-9-6-15(7-10-18)13-17(19)20/h2,4-5,12,15H,3,6-11,13H2,1H3,(H,19,20). The average Bonchev–Trinajstić information content (AvgIpc) is 2.45. The molecule has 0 spiro atoms. The van der Waals surface area contributed by atoms with E-state index in [1.54, 1.807) is 0 Å². The number of ether oxygens (including phenoxy) is 1. The predicted octanol–water partition coefficient (Wildman–Crippen LogP) is 2.95. The van der Waals surface area contributed by atoms with E-state index in [1.165, 1.54) is 5.56 Å². The van der Waals surface area contributed by atoms with Gasteiger partial charge in [0, 0.05) is 13.0 Å². The first-order valence-electron chi connectivity index (χ1n) is 7.77. The van der Waals surface area contributed by atoms with Crippen molar-refractivity contribution >= 4 is 5.97 Å². The van der Waals surface area contributed by atoms with Crippen LogP contribution in [0.3, 0.4) is 0 Å². The minimum absolute atomic E-state index is 0.324. The van der Waals surface area contributed by atoms with Crippen LogP contribution < -0.4 is 4.74 Å². The second-order valence-electron chi connectivity index (χ2n) is 5.90. The highest BCUT2D eigenvalue weighted by Gasteiger charge is 2.20. The van der Waals surface area contributed by atoms with Crippen LogP contribution >= 0.6 is 0 Å². The largest absolute Gasteiger partial charge is 0.494 e. The molecule has 0 unspecified atom stereocenters. The number of hydrogen-bond donors (Lipinski definition) is 1. The molecule has 1 N–H and O–H groups in total. The van der Waals surface area contributed by atoms with Crippen LogP contribution in [0.1, 0.15) is 31.2 Å². The Morgan fingerprint density at radius 3 is 2.81 bits per heavy atom. The van der Waals surface area contributed by atoms with Crippen molar-refractivity contribution < 1.29 is 14.6 Å². The summed E-state index contributed by atoms with van der Waals surface area (Å²) >= 11 is 0. The Labute approximate surface area is 126 Å². The lowest BCUT2D eigenvalue weighted by atomic mass is 9.93. The van der Waals surface area contributed by atoms with Gasteiger partial charge in [-0.1, -0.05) is 12.1 Å². The number of carboxylic acids is 1. The van der Waals surface area contributed by atoms with Crippen molar-refractivity contribution in [3.05, 3.63) is 29.8 Å². The minimum atomic E-state index is -0.667. The maximum Gasteiger partial charge on any atom is 0.303 e. The van der Waals surface area contributed by atoms with Crippen LogP contribution in [-0.4, -0.2) is 42.2 Å². The Hall–Kier alpha value is -1.55. The van der Waals surface area contributed by atoms with Crippen molar-refractivity contribution in [3.8, 4) is 5.75 Å². The Balaban J connectivity index is 1.59. The molecule has 1 aromatic rings. The number of rotatable bonds is 7. The topological polar surface area (TPSA) is 49.8 Å². The van der Waals surface area contributed by atoms with Crippen molar-refractivity contribution in [2.45, 2.75) is 32.6 Å². The fourth-order valence-electron chi connectivity index (χ4n) is 2.84. The number of carboxylic acid groups (broad SMARTS) is 1. The van der Waals surface area contributed by atoms with Crippen LogP contribution in [0.2, 0.25) is 0 Å². The monoisotopic (exact) mass is 291 g/mol. The Bertz CT molecular complexity index is 453. The first kappa shape index (κ1) is 15.8. The van der Waals surface area contributed by atoms with E-state index in [0.717, 1.165) is 51.3 Å². The molecule has 2 rings (SSSR count). The van der Waals surface area contributed by atoms with Crippen molar-refractivity contribution in [1.82, 2.24) is 4.90 Å². The fourth-order valence-corrected chi connectivity index (χ4v) is 2.84. The molecule has 1 saturated heterocycles. The molecule has 21 heavy (non-hydrogen) atoms. The molecule has 1 aromatic carbocycles. The van der Waals surface area contributed by atoms with Gasteiger partial charge in [-0.2, -0.15) is 0 Å². The molecule has 4 nitrogen and oxygen atoms in total. The summed E-state index contributed by atoms with van der Waals surface area (Å²) in [6, 6.07) is 8.12. The molecule has 4 heteroatoms. The summed E-state index contributed by atoms with van der Waals surface area (Å²) in [6.45, 7) is 5.86. The van der Waals surface area contributed by atoms with Gasteiger partial charge in [-0.25, -0.2) is 0 Å². The molecule has 0 amide bonds. The Morgan fingerprint density at radius 1 is 1.38 bits per heavy atom. The smallest absolute Gasteiger partial charge is 0.303 e. The molecule has 0 atom stereocenters. The highest BCUT2D eigenvalue weighted by atomic mass is 16.5. The summed E-state index contributed by atoms with van der Waals surface area (Å²) in [7, 11) is 0. The molecule has 0 aliphatic carbocycles. The molecule has 0 saturated carbocycles. The van der Waals surface area contributed by atoms with E-state index >= 15 is 0 Å². The van der Waals surface area contributed by atoms with E-state index in [-0.39, 0.29) is 0 Å². The van der Waals surface area contributed by atoms with Crippen LogP contribution in [0.25, 0.3) is 0 Å². The van der Waals surface area contributed by atoms with Crippen molar-refractivity contribution in [2.75, 3.05) is 26.2 Å². The molecule has 0 radical (unpaired) electrons. The van der Waals surface area contributed by atoms with E-state index in [9.17, 15) is 4.79 Å². The molecule has 116 valence electrons. The summed E-state index contributed by atoms with van der Waals surface area (Å²) in [5.74, 6) is 0.637. The lowest BCUT2D eigenvalue weighted by Gasteiger charge is -2.31. The molecule has 0 bridgehead atoms. The summed E-state index contributed by atoms with van der Waals surface area (Å²) in [6.07, 6.45) is 3.35. The normalized spacial score (nSPS) is 16.8. The van der Waals surface area contributed by atoms with Gasteiger partial charge in [-0.05, 0) is 62.9 Å². The van der Waals surface area contributed by atoms with E-state index in [4.69, 9.17) is 9.84 Å². The number of carbonyl (C=O) groups is 1. The lowest BCUT2D eigenvalue weighted by Crippen LogP contribution is -2.35. The van der Waals surface area contributed by atoms with Gasteiger partial charge in [0.05, 0.1) is 6.61 Å². The van der Waals surface area contributed by atoms with Crippen LogP contribution in [-0.2, 0) is 4.79 Å². The summed E-state index contributed by atoms with van der Waals surface area (Å²) in [4.78, 5) is 13.1. The van der Waals surface area contributed by atoms with E-state index in [0.29, 0.717) is 12.3 Å². The number of aryl methyl sites for hydroxylation is 1. The van der Waals surface area contributed by atoms with Crippen LogP contribution in [0, 0.1) is 12.8 Å². The summed E-state index contributed by atoms with van der Waals surface area (Å²) in [5, 5.41) is 8.80. The molecular formula is C17H25NO3. The Kier molecular flexibility index (Phi) is 6.05. The number of hydrogen-bond acceptors (Lipinski definition) is 3. The van der Waals surface area contributed by atoms with Gasteiger partial charge < -0.3 is 14.7 Å². The zero-order valence-electron chi connectivity index (χ0n) is 12.8. The maximum atomic E-state index is 10.7. The number of likely N-dealkylation sites (tertiary alicyclic amines) is 1. The second kappa shape index (κ2) is 8.03. The summed E-state index contributed by atoms with van der Waals surface area (Å²) < 4.78 is 5.75. The van der Waals surface area contributed by atoms with Crippen LogP contribution in [0.15, 0.2) is 24.3 Å². The second-order valence-corrected chi connectivity index (χ2v) is 5.90. The number of aliphatic carboxylic acids is 1. The lowest BCUT2D eigenvalue weighted by molar-refractivity contribution is -0.138. The minimum Gasteiger partial charge on any atom is -0.494 e. The van der Waals surface area contributed by atoms with Gasteiger partial charge in [-0.3, -0.25) is 4.79 Å². The van der Waals surface area contributed by atoms with Gasteiger partial charge in [0.1, 0.15) is 5.75 Å².